The first kappa shape index (κ1) is 16.3. The lowest BCUT2D eigenvalue weighted by Crippen LogP contribution is -2.31. The third kappa shape index (κ3) is 4.41. The number of nitrogens with two attached hydrogens (primary N) is 1. The number of amides is 2. The number of hydrogen-bond acceptors (Lipinski definition) is 5. The Morgan fingerprint density at radius 3 is 2.62 bits per heavy atom. The molecule has 0 fully saturated rings. The van der Waals surface area contributed by atoms with Gasteiger partial charge in [0.1, 0.15) is 11.5 Å². The van der Waals surface area contributed by atoms with Gasteiger partial charge in [-0.3, -0.25) is 19.7 Å². The van der Waals surface area contributed by atoms with Gasteiger partial charge in [-0.1, -0.05) is 0 Å². The summed E-state index contributed by atoms with van der Waals surface area (Å²) in [6.07, 6.45) is 0.0386. The van der Waals surface area contributed by atoms with Crippen molar-refractivity contribution in [2.75, 3.05) is 18.8 Å². The molecule has 9 heteroatoms. The van der Waals surface area contributed by atoms with Crippen LogP contribution in [0.4, 0.5) is 15.8 Å². The van der Waals surface area contributed by atoms with Crippen LogP contribution in [0.3, 0.4) is 0 Å². The zero-order chi connectivity index (χ0) is 16.0. The van der Waals surface area contributed by atoms with Crippen molar-refractivity contribution >= 4 is 23.2 Å². The molecule has 0 aliphatic heterocycles. The topological polar surface area (TPSA) is 127 Å². The summed E-state index contributed by atoms with van der Waals surface area (Å²) in [7, 11) is 0. The van der Waals surface area contributed by atoms with Gasteiger partial charge in [0.2, 0.25) is 5.91 Å². The van der Waals surface area contributed by atoms with Crippen LogP contribution in [0.15, 0.2) is 12.1 Å². The minimum Gasteiger partial charge on any atom is -0.393 e. The van der Waals surface area contributed by atoms with E-state index in [2.05, 4.69) is 10.6 Å². The van der Waals surface area contributed by atoms with Crippen LogP contribution in [0, 0.1) is 15.9 Å². The molecule has 0 saturated carbocycles. The molecule has 114 valence electrons. The van der Waals surface area contributed by atoms with E-state index in [1.54, 1.807) is 6.92 Å². The normalized spacial score (nSPS) is 10.0. The molecule has 21 heavy (non-hydrogen) atoms. The Morgan fingerprint density at radius 2 is 2.05 bits per heavy atom. The highest BCUT2D eigenvalue weighted by Crippen LogP contribution is 2.26. The monoisotopic (exact) mass is 298 g/mol. The minimum absolute atomic E-state index is 0.00835. The number of rotatable bonds is 6. The number of anilines is 1. The highest BCUT2D eigenvalue weighted by Gasteiger charge is 2.21. The van der Waals surface area contributed by atoms with E-state index in [9.17, 15) is 24.1 Å². The van der Waals surface area contributed by atoms with E-state index >= 15 is 0 Å². The largest absolute Gasteiger partial charge is 0.393 e. The van der Waals surface area contributed by atoms with E-state index in [0.717, 1.165) is 6.07 Å². The molecule has 0 aliphatic rings. The predicted molar refractivity (Wildman–Crippen MR) is 73.1 cm³/mol. The maximum Gasteiger partial charge on any atom is 0.295 e. The molecule has 0 aromatic heterocycles. The molecular weight excluding hydrogens is 283 g/mol. The van der Waals surface area contributed by atoms with Crippen LogP contribution < -0.4 is 16.4 Å². The maximum absolute atomic E-state index is 13.3. The van der Waals surface area contributed by atoms with Gasteiger partial charge in [-0.15, -0.1) is 0 Å². The fraction of sp³-hybridized carbons (Fsp3) is 0.333. The summed E-state index contributed by atoms with van der Waals surface area (Å²) in [4.78, 5) is 32.8. The van der Waals surface area contributed by atoms with Crippen LogP contribution in [0.1, 0.15) is 23.7 Å². The zero-order valence-electron chi connectivity index (χ0n) is 11.3. The van der Waals surface area contributed by atoms with Gasteiger partial charge in [0.25, 0.3) is 11.6 Å². The highest BCUT2D eigenvalue weighted by atomic mass is 19.1. The summed E-state index contributed by atoms with van der Waals surface area (Å²) < 4.78 is 13.3. The second-order valence-electron chi connectivity index (χ2n) is 4.10. The Hall–Kier alpha value is -2.71. The van der Waals surface area contributed by atoms with Crippen molar-refractivity contribution in [2.24, 2.45) is 0 Å². The number of carbonyl (C=O) groups excluding carboxylic acids is 2. The average molecular weight is 298 g/mol. The van der Waals surface area contributed by atoms with Crippen molar-refractivity contribution in [1.29, 1.82) is 0 Å². The second kappa shape index (κ2) is 7.17. The number of hydrogen-bond donors (Lipinski definition) is 3. The SMILES string of the molecule is CCNC(=O)CCNC(=O)c1cc(F)cc([N+](=O)[O-])c1N. The Kier molecular flexibility index (Phi) is 5.58. The van der Waals surface area contributed by atoms with Gasteiger partial charge in [0.05, 0.1) is 16.6 Å². The molecule has 1 rings (SSSR count). The Bertz CT molecular complexity index is 577. The summed E-state index contributed by atoms with van der Waals surface area (Å²) in [6, 6.07) is 1.45. The van der Waals surface area contributed by atoms with Gasteiger partial charge < -0.3 is 16.4 Å². The molecule has 0 unspecified atom stereocenters. The predicted octanol–water partition coefficient (Wildman–Crippen LogP) is 0.572. The molecule has 1 aromatic carbocycles. The van der Waals surface area contributed by atoms with Crippen molar-refractivity contribution < 1.29 is 18.9 Å². The van der Waals surface area contributed by atoms with Gasteiger partial charge in [-0.25, -0.2) is 4.39 Å². The smallest absolute Gasteiger partial charge is 0.295 e. The molecule has 0 aliphatic carbocycles. The molecule has 0 heterocycles. The molecule has 1 aromatic rings. The number of nitrogens with zero attached hydrogens (tertiary/aromatic N) is 1. The first-order valence-corrected chi connectivity index (χ1v) is 6.15. The summed E-state index contributed by atoms with van der Waals surface area (Å²) in [5, 5.41) is 15.6. The molecule has 2 amide bonds. The number of carbonyl (C=O) groups is 2. The standard InChI is InChI=1S/C12H15FN4O4/c1-2-15-10(18)3-4-16-12(19)8-5-7(13)6-9(11(8)14)17(20)21/h5-6H,2-4,14H2,1H3,(H,15,18)(H,16,19). The van der Waals surface area contributed by atoms with Gasteiger partial charge in [0.15, 0.2) is 0 Å². The van der Waals surface area contributed by atoms with Crippen LogP contribution >= 0.6 is 0 Å². The van der Waals surface area contributed by atoms with E-state index in [1.807, 2.05) is 0 Å². The van der Waals surface area contributed by atoms with E-state index in [0.29, 0.717) is 12.6 Å². The van der Waals surface area contributed by atoms with Crippen molar-refractivity contribution in [3.05, 3.63) is 33.6 Å². The first-order chi connectivity index (χ1) is 9.86. The molecular formula is C12H15FN4O4. The summed E-state index contributed by atoms with van der Waals surface area (Å²) in [5.41, 5.74) is 4.05. The van der Waals surface area contributed by atoms with Crippen molar-refractivity contribution in [1.82, 2.24) is 10.6 Å². The van der Waals surface area contributed by atoms with Crippen molar-refractivity contribution in [2.45, 2.75) is 13.3 Å². The van der Waals surface area contributed by atoms with Crippen LogP contribution in [-0.2, 0) is 4.79 Å². The number of nitrogen functional groups attached to an aromatic ring is 1. The third-order valence-corrected chi connectivity index (χ3v) is 2.58. The van der Waals surface area contributed by atoms with E-state index in [4.69, 9.17) is 5.73 Å². The fourth-order valence-corrected chi connectivity index (χ4v) is 1.61. The maximum atomic E-state index is 13.3. The quantitative estimate of drug-likeness (QED) is 0.402. The highest BCUT2D eigenvalue weighted by molar-refractivity contribution is 6.01. The number of nitrogens with one attached hydrogen (secondary N) is 2. The third-order valence-electron chi connectivity index (χ3n) is 2.58. The van der Waals surface area contributed by atoms with Gasteiger partial charge in [-0.05, 0) is 13.0 Å². The molecule has 0 bridgehead atoms. The second-order valence-corrected chi connectivity index (χ2v) is 4.10. The van der Waals surface area contributed by atoms with Gasteiger partial charge in [0, 0.05) is 19.5 Å². The molecule has 0 spiro atoms. The molecule has 0 atom stereocenters. The summed E-state index contributed by atoms with van der Waals surface area (Å²) >= 11 is 0. The number of nitro benzene ring substituents is 1. The van der Waals surface area contributed by atoms with E-state index in [-0.39, 0.29) is 24.4 Å². The lowest BCUT2D eigenvalue weighted by Gasteiger charge is -2.08. The van der Waals surface area contributed by atoms with Crippen molar-refractivity contribution in [3.63, 3.8) is 0 Å². The van der Waals surface area contributed by atoms with E-state index in [1.165, 1.54) is 0 Å². The molecule has 0 radical (unpaired) electrons. The van der Waals surface area contributed by atoms with Gasteiger partial charge >= 0.3 is 0 Å². The Labute approximate surface area is 119 Å². The number of nitro groups is 1. The summed E-state index contributed by atoms with van der Waals surface area (Å²) in [5.74, 6) is -1.97. The van der Waals surface area contributed by atoms with Gasteiger partial charge in [-0.2, -0.15) is 0 Å². The van der Waals surface area contributed by atoms with Crippen LogP contribution in [-0.4, -0.2) is 29.8 Å². The van der Waals surface area contributed by atoms with Crippen LogP contribution in [0.25, 0.3) is 0 Å². The van der Waals surface area contributed by atoms with Crippen molar-refractivity contribution in [3.8, 4) is 0 Å². The number of halogens is 1. The van der Waals surface area contributed by atoms with Crippen LogP contribution in [0.2, 0.25) is 0 Å². The van der Waals surface area contributed by atoms with Crippen LogP contribution in [0.5, 0.6) is 0 Å². The molecule has 8 nitrogen and oxygen atoms in total. The number of benzene rings is 1. The Balaban J connectivity index is 2.79. The molecule has 0 saturated heterocycles. The minimum atomic E-state index is -0.940. The Morgan fingerprint density at radius 1 is 1.38 bits per heavy atom. The average Bonchev–Trinajstić information content (AvgIpc) is 2.40. The first-order valence-electron chi connectivity index (χ1n) is 6.15. The van der Waals surface area contributed by atoms with E-state index < -0.39 is 28.0 Å². The lowest BCUT2D eigenvalue weighted by atomic mass is 10.1. The molecule has 4 N–H and O–H groups in total. The zero-order valence-corrected chi connectivity index (χ0v) is 11.3. The summed E-state index contributed by atoms with van der Waals surface area (Å²) in [6.45, 7) is 2.23. The lowest BCUT2D eigenvalue weighted by molar-refractivity contribution is -0.384. The fourth-order valence-electron chi connectivity index (χ4n) is 1.61.